The first-order chi connectivity index (χ1) is 19.0. The Kier molecular flexibility index (Phi) is 12.9. The molecule has 1 heterocycles. The van der Waals surface area contributed by atoms with E-state index in [0.29, 0.717) is 18.3 Å². The molecule has 0 saturated heterocycles. The first kappa shape index (κ1) is 34.7. The SMILES string of the molecule is C#CCc1cccc(C(C)C)c1[N-]C(c1cccc(-c2[c-]ccc3ccccc23)n1)c1ccccc1C(C)C.[CH3-].[CH3-].[HH].[Hf]. The smallest absolute Gasteiger partial charge is 0.0325 e. The Morgan fingerprint density at radius 1 is 0.786 bits per heavy atom. The molecule has 1 unspecified atom stereocenters. The maximum atomic E-state index is 5.79. The molecular weight excluding hydrogens is 675 g/mol. The minimum atomic E-state index is -0.282. The fourth-order valence-electron chi connectivity index (χ4n) is 5.31. The van der Waals surface area contributed by atoms with E-state index in [2.05, 4.69) is 131 Å². The van der Waals surface area contributed by atoms with Gasteiger partial charge in [-0.2, -0.15) is 0 Å². The van der Waals surface area contributed by atoms with Gasteiger partial charge in [0, 0.05) is 39.4 Å². The molecule has 0 amide bonds. The van der Waals surface area contributed by atoms with E-state index < -0.39 is 0 Å². The normalized spacial score (nSPS) is 11.2. The van der Waals surface area contributed by atoms with E-state index >= 15 is 0 Å². The van der Waals surface area contributed by atoms with Crippen LogP contribution in [0.3, 0.4) is 0 Å². The number of terminal acetylenes is 1. The number of fused-ring (bicyclic) bond motifs is 1. The Morgan fingerprint density at radius 2 is 1.43 bits per heavy atom. The van der Waals surface area contributed by atoms with Gasteiger partial charge in [0.2, 0.25) is 0 Å². The minimum absolute atomic E-state index is 0. The Labute approximate surface area is 274 Å². The maximum absolute atomic E-state index is 5.79. The molecule has 0 aliphatic heterocycles. The zero-order valence-corrected chi connectivity index (χ0v) is 29.2. The number of nitrogens with zero attached hydrogens (tertiary/aromatic N) is 2. The molecule has 0 radical (unpaired) electrons. The number of hydrogen-bond acceptors (Lipinski definition) is 1. The van der Waals surface area contributed by atoms with Crippen LogP contribution in [-0.4, -0.2) is 4.98 Å². The van der Waals surface area contributed by atoms with Crippen LogP contribution in [0.4, 0.5) is 5.69 Å². The Balaban J connectivity index is 0.00000231. The van der Waals surface area contributed by atoms with Crippen LogP contribution < -0.4 is 0 Å². The summed E-state index contributed by atoms with van der Waals surface area (Å²) in [5.41, 5.74) is 8.52. The molecule has 5 rings (SSSR count). The van der Waals surface area contributed by atoms with Gasteiger partial charge in [-0.3, -0.25) is 0 Å². The quantitative estimate of drug-likeness (QED) is 0.0892. The van der Waals surface area contributed by atoms with E-state index in [1.807, 2.05) is 6.07 Å². The number of hydrogen-bond donors (Lipinski definition) is 0. The van der Waals surface area contributed by atoms with Gasteiger partial charge in [-0.05, 0) is 35.2 Å². The fourth-order valence-corrected chi connectivity index (χ4v) is 5.31. The van der Waals surface area contributed by atoms with Crippen LogP contribution in [0.2, 0.25) is 0 Å². The predicted octanol–water partition coefficient (Wildman–Crippen LogP) is 11.1. The van der Waals surface area contributed by atoms with Gasteiger partial charge in [0.05, 0.1) is 0 Å². The van der Waals surface area contributed by atoms with Gasteiger partial charge in [-0.1, -0.05) is 129 Å². The standard InChI is InChI=1S/C37H34N2.2CH3.Hf.H2/c1-6-14-28-17-12-21-30(26(4)5)36(28)39-37(33-20-10-9-18-29(33)25(2)3)35-24-13-23-34(38-35)32-22-11-16-27-15-7-8-19-31(27)32;;;;/h1,7-13,15-21,23-26,37H,14H2,2-5H3;2*1H3;;1H/q-2;2*-1;;. The molecular formula is C39H42HfN2-4. The summed E-state index contributed by atoms with van der Waals surface area (Å²) in [4.78, 5) is 5.25. The Bertz CT molecular complexity index is 1650. The summed E-state index contributed by atoms with van der Waals surface area (Å²) in [5.74, 6) is 3.50. The number of pyridine rings is 1. The molecule has 0 N–H and O–H groups in total. The summed E-state index contributed by atoms with van der Waals surface area (Å²) < 4.78 is 0. The van der Waals surface area contributed by atoms with Crippen molar-refractivity contribution in [1.29, 1.82) is 0 Å². The Morgan fingerprint density at radius 3 is 2.14 bits per heavy atom. The largest absolute Gasteiger partial charge is 0.673 e. The van der Waals surface area contributed by atoms with E-state index in [0.717, 1.165) is 33.6 Å². The second kappa shape index (κ2) is 15.7. The van der Waals surface area contributed by atoms with Crippen molar-refractivity contribution in [2.75, 3.05) is 0 Å². The third-order valence-electron chi connectivity index (χ3n) is 7.26. The van der Waals surface area contributed by atoms with Crippen LogP contribution >= 0.6 is 0 Å². The molecule has 216 valence electrons. The van der Waals surface area contributed by atoms with Crippen molar-refractivity contribution in [3.63, 3.8) is 0 Å². The molecule has 1 atom stereocenters. The van der Waals surface area contributed by atoms with Crippen molar-refractivity contribution in [2.45, 2.75) is 52.0 Å². The van der Waals surface area contributed by atoms with E-state index in [1.165, 1.54) is 22.1 Å². The first-order valence-electron chi connectivity index (χ1n) is 13.7. The molecule has 0 aliphatic rings. The zero-order valence-electron chi connectivity index (χ0n) is 25.6. The molecule has 0 spiro atoms. The summed E-state index contributed by atoms with van der Waals surface area (Å²) >= 11 is 0. The minimum Gasteiger partial charge on any atom is -0.673 e. The zero-order chi connectivity index (χ0) is 27.4. The van der Waals surface area contributed by atoms with Crippen LogP contribution in [-0.2, 0) is 32.3 Å². The average Bonchev–Trinajstić information content (AvgIpc) is 2.96. The summed E-state index contributed by atoms with van der Waals surface area (Å²) in [5, 5.41) is 7.83. The molecule has 0 saturated carbocycles. The fraction of sp³-hybridized carbons (Fsp3) is 0.205. The third kappa shape index (κ3) is 7.29. The van der Waals surface area contributed by atoms with Crippen molar-refractivity contribution in [3.8, 4) is 23.6 Å². The number of rotatable bonds is 8. The van der Waals surface area contributed by atoms with Gasteiger partial charge >= 0.3 is 0 Å². The second-order valence-corrected chi connectivity index (χ2v) is 10.6. The summed E-state index contributed by atoms with van der Waals surface area (Å²) in [6, 6.07) is 36.9. The molecule has 0 fully saturated rings. The monoisotopic (exact) mass is 718 g/mol. The van der Waals surface area contributed by atoms with Gasteiger partial charge in [-0.25, -0.2) is 0 Å². The van der Waals surface area contributed by atoms with Gasteiger partial charge in [0.15, 0.2) is 0 Å². The van der Waals surface area contributed by atoms with Gasteiger partial charge < -0.3 is 25.2 Å². The summed E-state index contributed by atoms with van der Waals surface area (Å²) in [6.07, 6.45) is 6.33. The van der Waals surface area contributed by atoms with Crippen molar-refractivity contribution >= 4 is 16.5 Å². The van der Waals surface area contributed by atoms with Crippen LogP contribution in [0, 0.1) is 33.3 Å². The van der Waals surface area contributed by atoms with E-state index in [-0.39, 0.29) is 48.2 Å². The van der Waals surface area contributed by atoms with Gasteiger partial charge in [0.1, 0.15) is 0 Å². The third-order valence-corrected chi connectivity index (χ3v) is 7.26. The van der Waals surface area contributed by atoms with E-state index in [4.69, 9.17) is 16.7 Å². The molecule has 2 nitrogen and oxygen atoms in total. The molecule has 5 aromatic rings. The topological polar surface area (TPSA) is 27.0 Å². The van der Waals surface area contributed by atoms with Crippen LogP contribution in [0.15, 0.2) is 97.1 Å². The molecule has 0 aliphatic carbocycles. The maximum Gasteiger partial charge on any atom is 0.0325 e. The predicted molar refractivity (Wildman–Crippen MR) is 179 cm³/mol. The number of benzene rings is 4. The number of aromatic nitrogens is 1. The average molecular weight is 717 g/mol. The number of para-hydroxylation sites is 1. The molecule has 4 aromatic carbocycles. The molecule has 1 aromatic heterocycles. The molecule has 3 heteroatoms. The molecule has 0 bridgehead atoms. The van der Waals surface area contributed by atoms with Crippen molar-refractivity contribution < 1.29 is 27.3 Å². The van der Waals surface area contributed by atoms with E-state index in [1.54, 1.807) is 0 Å². The van der Waals surface area contributed by atoms with Gasteiger partial charge in [-0.15, -0.1) is 47.2 Å². The summed E-state index contributed by atoms with van der Waals surface area (Å²) in [6.45, 7) is 8.88. The van der Waals surface area contributed by atoms with Crippen molar-refractivity contribution in [1.82, 2.24) is 4.98 Å². The first-order valence-corrected chi connectivity index (χ1v) is 13.7. The summed E-state index contributed by atoms with van der Waals surface area (Å²) in [7, 11) is 0. The Hall–Kier alpha value is -3.48. The van der Waals surface area contributed by atoms with Crippen LogP contribution in [0.1, 0.15) is 74.9 Å². The van der Waals surface area contributed by atoms with Crippen LogP contribution in [0.5, 0.6) is 0 Å². The van der Waals surface area contributed by atoms with Crippen molar-refractivity contribution in [2.24, 2.45) is 0 Å². The van der Waals surface area contributed by atoms with Crippen molar-refractivity contribution in [3.05, 3.63) is 151 Å². The molecule has 42 heavy (non-hydrogen) atoms. The van der Waals surface area contributed by atoms with Crippen LogP contribution in [0.25, 0.3) is 27.3 Å². The van der Waals surface area contributed by atoms with Gasteiger partial charge in [0.25, 0.3) is 0 Å². The second-order valence-electron chi connectivity index (χ2n) is 10.6. The van der Waals surface area contributed by atoms with E-state index in [9.17, 15) is 0 Å².